The number of nitrogens with one attached hydrogen (secondary N) is 3. The van der Waals surface area contributed by atoms with Gasteiger partial charge in [0, 0.05) is 51.3 Å². The molecule has 2 aliphatic rings. The lowest BCUT2D eigenvalue weighted by Crippen LogP contribution is -2.37. The predicted molar refractivity (Wildman–Crippen MR) is 118 cm³/mol. The van der Waals surface area contributed by atoms with Crippen LogP contribution in [0.15, 0.2) is 35.5 Å². The van der Waals surface area contributed by atoms with Gasteiger partial charge < -0.3 is 25.4 Å². The molecular formula is C23H36N4O2. The van der Waals surface area contributed by atoms with Crippen molar-refractivity contribution >= 4 is 5.69 Å². The van der Waals surface area contributed by atoms with Crippen molar-refractivity contribution in [1.29, 1.82) is 5.26 Å². The summed E-state index contributed by atoms with van der Waals surface area (Å²) in [5.41, 5.74) is 4.36. The first-order chi connectivity index (χ1) is 14.0. The van der Waals surface area contributed by atoms with E-state index in [-0.39, 0.29) is 0 Å². The summed E-state index contributed by atoms with van der Waals surface area (Å²) in [5, 5.41) is 20.0. The maximum absolute atomic E-state index is 9.34. The molecule has 2 aliphatic heterocycles. The zero-order chi connectivity index (χ0) is 21.1. The van der Waals surface area contributed by atoms with Crippen molar-refractivity contribution in [3.05, 3.63) is 41.1 Å². The number of hydrogen-bond donors (Lipinski definition) is 3. The average Bonchev–Trinajstić information content (AvgIpc) is 3.26. The van der Waals surface area contributed by atoms with Crippen molar-refractivity contribution in [3.63, 3.8) is 0 Å². The number of nitrogens with zero attached hydrogens (tertiary/aromatic N) is 1. The highest BCUT2D eigenvalue weighted by Gasteiger charge is 2.21. The molecule has 6 nitrogen and oxygen atoms in total. The van der Waals surface area contributed by atoms with Crippen molar-refractivity contribution in [2.75, 3.05) is 51.9 Å². The van der Waals surface area contributed by atoms with Crippen molar-refractivity contribution in [2.24, 2.45) is 0 Å². The molecule has 0 spiro atoms. The van der Waals surface area contributed by atoms with Gasteiger partial charge in [0.2, 0.25) is 0 Å². The lowest BCUT2D eigenvalue weighted by atomic mass is 9.86. The molecule has 0 saturated carbocycles. The van der Waals surface area contributed by atoms with Gasteiger partial charge >= 0.3 is 0 Å². The molecule has 1 aromatic carbocycles. The molecule has 1 unspecified atom stereocenters. The number of hydrogen-bond acceptors (Lipinski definition) is 6. The molecule has 6 heteroatoms. The molecule has 0 radical (unpaired) electrons. The number of rotatable bonds is 7. The van der Waals surface area contributed by atoms with Crippen LogP contribution in [0, 0.1) is 11.3 Å². The van der Waals surface area contributed by atoms with E-state index in [4.69, 9.17) is 4.74 Å². The molecule has 3 N–H and O–H groups in total. The molecule has 160 valence electrons. The quantitative estimate of drug-likeness (QED) is 0.652. The molecule has 1 saturated heterocycles. The normalized spacial score (nSPS) is 19.2. The van der Waals surface area contributed by atoms with Gasteiger partial charge in [-0.05, 0) is 56.9 Å². The zero-order valence-electron chi connectivity index (χ0n) is 18.3. The Balaban J connectivity index is 0.000000687. The molecule has 3 rings (SSSR count). The molecule has 0 aromatic heterocycles. The summed E-state index contributed by atoms with van der Waals surface area (Å²) in [6.07, 6.45) is 2.12. The van der Waals surface area contributed by atoms with Gasteiger partial charge in [0.05, 0.1) is 24.1 Å². The van der Waals surface area contributed by atoms with Crippen molar-refractivity contribution in [3.8, 4) is 6.07 Å². The van der Waals surface area contributed by atoms with E-state index in [1.165, 1.54) is 11.3 Å². The van der Waals surface area contributed by atoms with E-state index in [0.29, 0.717) is 6.04 Å². The fourth-order valence-corrected chi connectivity index (χ4v) is 3.27. The molecule has 0 bridgehead atoms. The van der Waals surface area contributed by atoms with Crippen LogP contribution in [0.2, 0.25) is 0 Å². The van der Waals surface area contributed by atoms with Crippen LogP contribution in [-0.4, -0.2) is 52.6 Å². The second-order valence-corrected chi connectivity index (χ2v) is 7.96. The number of methoxy groups -OCH3 is 1. The van der Waals surface area contributed by atoms with Crippen molar-refractivity contribution in [1.82, 2.24) is 10.6 Å². The van der Waals surface area contributed by atoms with E-state index < -0.39 is 5.41 Å². The van der Waals surface area contributed by atoms with Crippen molar-refractivity contribution < 1.29 is 9.47 Å². The molecule has 1 fully saturated rings. The highest BCUT2D eigenvalue weighted by atomic mass is 16.5. The molecule has 29 heavy (non-hydrogen) atoms. The highest BCUT2D eigenvalue weighted by Crippen LogP contribution is 2.25. The van der Waals surface area contributed by atoms with Crippen LogP contribution in [0.3, 0.4) is 0 Å². The first kappa shape index (κ1) is 23.2. The Bertz CT molecular complexity index is 701. The van der Waals surface area contributed by atoms with Gasteiger partial charge in [-0.25, -0.2) is 0 Å². The maximum Gasteiger partial charge on any atom is 0.0767 e. The van der Waals surface area contributed by atoms with Crippen LogP contribution >= 0.6 is 0 Å². The minimum absolute atomic E-state index is 0.447. The maximum atomic E-state index is 9.34. The van der Waals surface area contributed by atoms with E-state index in [2.05, 4.69) is 38.9 Å². The second-order valence-electron chi connectivity index (χ2n) is 7.96. The summed E-state index contributed by atoms with van der Waals surface area (Å²) in [7, 11) is 1.68. The van der Waals surface area contributed by atoms with Gasteiger partial charge in [0.25, 0.3) is 0 Å². The lowest BCUT2D eigenvalue weighted by Gasteiger charge is -2.26. The Labute approximate surface area is 175 Å². The third-order valence-electron chi connectivity index (χ3n) is 5.28. The van der Waals surface area contributed by atoms with Gasteiger partial charge in [0.1, 0.15) is 0 Å². The minimum atomic E-state index is -0.474. The van der Waals surface area contributed by atoms with Gasteiger partial charge in [0.15, 0.2) is 0 Å². The van der Waals surface area contributed by atoms with Crippen LogP contribution in [0.1, 0.15) is 39.2 Å². The number of ether oxygens (including phenoxy) is 2. The Hall–Kier alpha value is -2.07. The lowest BCUT2D eigenvalue weighted by molar-refractivity contribution is 0.191. The Morgan fingerprint density at radius 2 is 2.17 bits per heavy atom. The predicted octanol–water partition coefficient (Wildman–Crippen LogP) is 3.18. The summed E-state index contributed by atoms with van der Waals surface area (Å²) >= 11 is 0. The van der Waals surface area contributed by atoms with Crippen LogP contribution in [0.5, 0.6) is 0 Å². The zero-order valence-corrected chi connectivity index (χ0v) is 18.3. The van der Waals surface area contributed by atoms with Gasteiger partial charge in [-0.15, -0.1) is 0 Å². The van der Waals surface area contributed by atoms with E-state index in [1.807, 2.05) is 32.9 Å². The summed E-state index contributed by atoms with van der Waals surface area (Å²) < 4.78 is 10.0. The van der Waals surface area contributed by atoms with Crippen LogP contribution in [-0.2, 0) is 14.9 Å². The fraction of sp³-hybridized carbons (Fsp3) is 0.609. The van der Waals surface area contributed by atoms with Crippen LogP contribution < -0.4 is 16.0 Å². The SMILES string of the molecule is CC(C)(C#N)c1cccc(NCC2=C(NC3CCOC3)CCNC2)c1.CCOC. The van der Waals surface area contributed by atoms with Crippen molar-refractivity contribution in [2.45, 2.75) is 45.1 Å². The number of anilines is 1. The summed E-state index contributed by atoms with van der Waals surface area (Å²) in [5.74, 6) is 0. The number of nitriles is 1. The average molecular weight is 401 g/mol. The summed E-state index contributed by atoms with van der Waals surface area (Å²) in [4.78, 5) is 0. The second kappa shape index (κ2) is 11.8. The molecule has 0 amide bonds. The first-order valence-corrected chi connectivity index (χ1v) is 10.5. The van der Waals surface area contributed by atoms with Gasteiger partial charge in [-0.1, -0.05) is 12.1 Å². The molecule has 1 atom stereocenters. The Morgan fingerprint density at radius 1 is 1.38 bits per heavy atom. The molecule has 0 aliphatic carbocycles. The largest absolute Gasteiger partial charge is 0.385 e. The monoisotopic (exact) mass is 400 g/mol. The van der Waals surface area contributed by atoms with E-state index in [9.17, 15) is 5.26 Å². The Kier molecular flexibility index (Phi) is 9.46. The number of benzene rings is 1. The molecular weight excluding hydrogens is 364 g/mol. The van der Waals surface area contributed by atoms with E-state index in [0.717, 1.165) is 63.5 Å². The topological polar surface area (TPSA) is 78.3 Å². The van der Waals surface area contributed by atoms with Crippen LogP contribution in [0.25, 0.3) is 0 Å². The third kappa shape index (κ3) is 7.36. The summed E-state index contributed by atoms with van der Waals surface area (Å²) in [6, 6.07) is 11.0. The summed E-state index contributed by atoms with van der Waals surface area (Å²) in [6.45, 7) is 11.1. The molecule has 1 aromatic rings. The minimum Gasteiger partial charge on any atom is -0.385 e. The van der Waals surface area contributed by atoms with E-state index >= 15 is 0 Å². The van der Waals surface area contributed by atoms with Gasteiger partial charge in [-0.2, -0.15) is 5.26 Å². The van der Waals surface area contributed by atoms with Gasteiger partial charge in [-0.3, -0.25) is 0 Å². The third-order valence-corrected chi connectivity index (χ3v) is 5.28. The van der Waals surface area contributed by atoms with E-state index in [1.54, 1.807) is 7.11 Å². The fourth-order valence-electron chi connectivity index (χ4n) is 3.27. The highest BCUT2D eigenvalue weighted by molar-refractivity contribution is 5.50. The molecule has 2 heterocycles. The standard InChI is InChI=1S/C20H28N4O.C3H8O/c1-20(2,14-21)16-4-3-5-17(10-16)23-12-15-11-22-8-6-19(15)24-18-7-9-25-13-18;1-3-4-2/h3-5,10,18,22-24H,6-9,11-13H2,1-2H3;3H2,1-2H3. The Morgan fingerprint density at radius 3 is 2.83 bits per heavy atom. The van der Waals surface area contributed by atoms with Crippen LogP contribution in [0.4, 0.5) is 5.69 Å². The smallest absolute Gasteiger partial charge is 0.0767 e. The first-order valence-electron chi connectivity index (χ1n) is 10.5.